The SMILES string of the molecule is CC(C)c1ccccc1OCC(=O)NC(Cc1ncc[nH]1)c1ccccc1. The minimum Gasteiger partial charge on any atom is -0.483 e. The van der Waals surface area contributed by atoms with Crippen molar-refractivity contribution in [2.45, 2.75) is 32.2 Å². The summed E-state index contributed by atoms with van der Waals surface area (Å²) >= 11 is 0. The van der Waals surface area contributed by atoms with Gasteiger partial charge in [0.25, 0.3) is 5.91 Å². The van der Waals surface area contributed by atoms with E-state index in [1.165, 1.54) is 0 Å². The fourth-order valence-corrected chi connectivity index (χ4v) is 3.01. The van der Waals surface area contributed by atoms with E-state index in [4.69, 9.17) is 4.74 Å². The lowest BCUT2D eigenvalue weighted by Crippen LogP contribution is -2.34. The molecule has 0 aliphatic heterocycles. The predicted octanol–water partition coefficient (Wildman–Crippen LogP) is 4.01. The van der Waals surface area contributed by atoms with Crippen LogP contribution < -0.4 is 10.1 Å². The largest absolute Gasteiger partial charge is 0.483 e. The lowest BCUT2D eigenvalue weighted by Gasteiger charge is -2.19. The summed E-state index contributed by atoms with van der Waals surface area (Å²) in [6.45, 7) is 4.19. The van der Waals surface area contributed by atoms with Crippen LogP contribution in [-0.4, -0.2) is 22.5 Å². The van der Waals surface area contributed by atoms with Crippen LogP contribution in [-0.2, 0) is 11.2 Å². The number of rotatable bonds is 8. The molecular weight excluding hydrogens is 338 g/mol. The zero-order valence-electron chi connectivity index (χ0n) is 15.7. The van der Waals surface area contributed by atoms with Gasteiger partial charge in [0.15, 0.2) is 6.61 Å². The Balaban J connectivity index is 1.66. The van der Waals surface area contributed by atoms with Crippen molar-refractivity contribution in [2.75, 3.05) is 6.61 Å². The maximum Gasteiger partial charge on any atom is 0.258 e. The number of nitrogens with one attached hydrogen (secondary N) is 2. The Labute approximate surface area is 159 Å². The second-order valence-corrected chi connectivity index (χ2v) is 6.75. The van der Waals surface area contributed by atoms with Gasteiger partial charge in [-0.1, -0.05) is 62.4 Å². The number of hydrogen-bond donors (Lipinski definition) is 2. The number of H-pyrrole nitrogens is 1. The Bertz CT molecular complexity index is 845. The van der Waals surface area contributed by atoms with E-state index in [1.807, 2.05) is 54.6 Å². The van der Waals surface area contributed by atoms with Gasteiger partial charge >= 0.3 is 0 Å². The molecule has 27 heavy (non-hydrogen) atoms. The van der Waals surface area contributed by atoms with Crippen molar-refractivity contribution in [2.24, 2.45) is 0 Å². The van der Waals surface area contributed by atoms with E-state index in [0.29, 0.717) is 12.3 Å². The van der Waals surface area contributed by atoms with Crippen LogP contribution >= 0.6 is 0 Å². The highest BCUT2D eigenvalue weighted by Crippen LogP contribution is 2.25. The number of aromatic amines is 1. The average Bonchev–Trinajstić information content (AvgIpc) is 3.20. The van der Waals surface area contributed by atoms with E-state index >= 15 is 0 Å². The molecule has 1 aromatic heterocycles. The molecule has 1 atom stereocenters. The number of amides is 1. The number of imidazole rings is 1. The first-order valence-corrected chi connectivity index (χ1v) is 9.17. The number of benzene rings is 2. The van der Waals surface area contributed by atoms with E-state index in [1.54, 1.807) is 12.4 Å². The molecular formula is C22H25N3O2. The van der Waals surface area contributed by atoms with Crippen LogP contribution in [0.15, 0.2) is 67.0 Å². The van der Waals surface area contributed by atoms with Crippen molar-refractivity contribution >= 4 is 5.91 Å². The van der Waals surface area contributed by atoms with E-state index in [0.717, 1.165) is 22.7 Å². The minimum absolute atomic E-state index is 0.0226. The van der Waals surface area contributed by atoms with Gasteiger partial charge in [-0.15, -0.1) is 0 Å². The summed E-state index contributed by atoms with van der Waals surface area (Å²) in [7, 11) is 0. The van der Waals surface area contributed by atoms with Crippen LogP contribution in [0, 0.1) is 0 Å². The van der Waals surface area contributed by atoms with Gasteiger partial charge < -0.3 is 15.0 Å². The molecule has 1 unspecified atom stereocenters. The van der Waals surface area contributed by atoms with Gasteiger partial charge in [0.1, 0.15) is 11.6 Å². The number of nitrogens with zero attached hydrogens (tertiary/aromatic N) is 1. The number of hydrogen-bond acceptors (Lipinski definition) is 3. The molecule has 5 nitrogen and oxygen atoms in total. The molecule has 0 radical (unpaired) electrons. The minimum atomic E-state index is -0.172. The monoisotopic (exact) mass is 363 g/mol. The van der Waals surface area contributed by atoms with Crippen LogP contribution in [0.4, 0.5) is 0 Å². The second-order valence-electron chi connectivity index (χ2n) is 6.75. The van der Waals surface area contributed by atoms with E-state index in [2.05, 4.69) is 29.1 Å². The first-order valence-electron chi connectivity index (χ1n) is 9.17. The molecule has 2 aromatic carbocycles. The summed E-state index contributed by atoms with van der Waals surface area (Å²) in [6.07, 6.45) is 4.08. The molecule has 2 N–H and O–H groups in total. The first-order chi connectivity index (χ1) is 13.1. The fraction of sp³-hybridized carbons (Fsp3) is 0.273. The van der Waals surface area contributed by atoms with Gasteiger partial charge in [-0.2, -0.15) is 0 Å². The summed E-state index contributed by atoms with van der Waals surface area (Å²) in [4.78, 5) is 19.9. The molecule has 5 heteroatoms. The van der Waals surface area contributed by atoms with E-state index in [9.17, 15) is 4.79 Å². The maximum atomic E-state index is 12.5. The third-order valence-corrected chi connectivity index (χ3v) is 4.39. The smallest absolute Gasteiger partial charge is 0.258 e. The number of aromatic nitrogens is 2. The fourth-order valence-electron chi connectivity index (χ4n) is 3.01. The van der Waals surface area contributed by atoms with Crippen LogP contribution in [0.25, 0.3) is 0 Å². The maximum absolute atomic E-state index is 12.5. The number of carbonyl (C=O) groups is 1. The van der Waals surface area contributed by atoms with Crippen molar-refractivity contribution in [3.05, 3.63) is 83.9 Å². The molecule has 0 saturated heterocycles. The lowest BCUT2D eigenvalue weighted by atomic mass is 10.0. The Morgan fingerprint density at radius 2 is 1.85 bits per heavy atom. The topological polar surface area (TPSA) is 67.0 Å². The number of ether oxygens (including phenoxy) is 1. The molecule has 0 aliphatic carbocycles. The van der Waals surface area contributed by atoms with Crippen molar-refractivity contribution < 1.29 is 9.53 Å². The third-order valence-electron chi connectivity index (χ3n) is 4.39. The number of para-hydroxylation sites is 1. The van der Waals surface area contributed by atoms with Gasteiger partial charge in [0.05, 0.1) is 6.04 Å². The molecule has 0 bridgehead atoms. The molecule has 0 saturated carbocycles. The van der Waals surface area contributed by atoms with Crippen LogP contribution in [0.2, 0.25) is 0 Å². The summed E-state index contributed by atoms with van der Waals surface area (Å²) in [5.74, 6) is 1.76. The predicted molar refractivity (Wildman–Crippen MR) is 106 cm³/mol. The molecule has 140 valence electrons. The van der Waals surface area contributed by atoms with Crippen molar-refractivity contribution in [3.63, 3.8) is 0 Å². The quantitative estimate of drug-likeness (QED) is 0.635. The van der Waals surface area contributed by atoms with Gasteiger partial charge in [0.2, 0.25) is 0 Å². The van der Waals surface area contributed by atoms with Crippen molar-refractivity contribution in [3.8, 4) is 5.75 Å². The average molecular weight is 363 g/mol. The zero-order chi connectivity index (χ0) is 19.1. The normalized spacial score (nSPS) is 12.0. The molecule has 1 heterocycles. The lowest BCUT2D eigenvalue weighted by molar-refractivity contribution is -0.123. The summed E-state index contributed by atoms with van der Waals surface area (Å²) < 4.78 is 5.80. The van der Waals surface area contributed by atoms with Crippen molar-refractivity contribution in [1.82, 2.24) is 15.3 Å². The molecule has 0 aliphatic rings. The summed E-state index contributed by atoms with van der Waals surface area (Å²) in [6, 6.07) is 17.6. The second kappa shape index (κ2) is 9.03. The van der Waals surface area contributed by atoms with E-state index < -0.39 is 0 Å². The van der Waals surface area contributed by atoms with Gasteiger partial charge in [0, 0.05) is 18.8 Å². The van der Waals surface area contributed by atoms with Gasteiger partial charge in [-0.3, -0.25) is 4.79 Å². The summed E-state index contributed by atoms with van der Waals surface area (Å²) in [5.41, 5.74) is 2.13. The summed E-state index contributed by atoms with van der Waals surface area (Å²) in [5, 5.41) is 3.07. The highest BCUT2D eigenvalue weighted by molar-refractivity contribution is 5.78. The van der Waals surface area contributed by atoms with Crippen molar-refractivity contribution in [1.29, 1.82) is 0 Å². The zero-order valence-corrected chi connectivity index (χ0v) is 15.7. The Hall–Kier alpha value is -3.08. The Kier molecular flexibility index (Phi) is 6.26. The van der Waals surface area contributed by atoms with Crippen LogP contribution in [0.5, 0.6) is 5.75 Å². The van der Waals surface area contributed by atoms with Crippen LogP contribution in [0.3, 0.4) is 0 Å². The first kappa shape index (κ1) is 18.7. The molecule has 3 rings (SSSR count). The third kappa shape index (κ3) is 5.20. The standard InChI is InChI=1S/C22H25N3O2/c1-16(2)18-10-6-7-11-20(18)27-15-22(26)25-19(14-21-23-12-13-24-21)17-8-4-3-5-9-17/h3-13,16,19H,14-15H2,1-2H3,(H,23,24)(H,25,26). The molecule has 1 amide bonds. The molecule has 3 aromatic rings. The van der Waals surface area contributed by atoms with Crippen LogP contribution in [0.1, 0.15) is 42.8 Å². The van der Waals surface area contributed by atoms with E-state index in [-0.39, 0.29) is 18.6 Å². The highest BCUT2D eigenvalue weighted by Gasteiger charge is 2.17. The molecule has 0 spiro atoms. The van der Waals surface area contributed by atoms with Gasteiger partial charge in [-0.05, 0) is 23.1 Å². The number of carbonyl (C=O) groups excluding carboxylic acids is 1. The Morgan fingerprint density at radius 1 is 1.11 bits per heavy atom. The van der Waals surface area contributed by atoms with Gasteiger partial charge in [-0.25, -0.2) is 4.98 Å². The molecule has 0 fully saturated rings. The highest BCUT2D eigenvalue weighted by atomic mass is 16.5. The Morgan fingerprint density at radius 3 is 2.56 bits per heavy atom.